The molecule has 6 rings (SSSR count). The molecule has 0 aromatic heterocycles. The van der Waals surface area contributed by atoms with E-state index in [4.69, 9.17) is 68.4 Å². The van der Waals surface area contributed by atoms with Gasteiger partial charge in [0.25, 0.3) is 11.4 Å². The second-order valence-electron chi connectivity index (χ2n) is 13.3. The van der Waals surface area contributed by atoms with Crippen LogP contribution < -0.4 is 9.47 Å². The van der Waals surface area contributed by atoms with Gasteiger partial charge in [-0.2, -0.15) is 14.2 Å². The van der Waals surface area contributed by atoms with E-state index in [1.54, 1.807) is 72.8 Å². The van der Waals surface area contributed by atoms with Crippen LogP contribution in [-0.4, -0.2) is 181 Å². The van der Waals surface area contributed by atoms with Gasteiger partial charge in [-0.25, -0.2) is 14.4 Å². The number of hydrogen-bond acceptors (Lipinski definition) is 18. The second kappa shape index (κ2) is 57.9. The summed E-state index contributed by atoms with van der Waals surface area (Å²) in [5, 5.41) is 64.0. The molecule has 0 bridgehead atoms. The summed E-state index contributed by atoms with van der Waals surface area (Å²) in [7, 11) is 0. The molecule has 2 fully saturated rings. The van der Waals surface area contributed by atoms with Crippen LogP contribution in [0.1, 0.15) is 56.6 Å². The zero-order chi connectivity index (χ0) is 52.7. The molecule has 0 saturated carbocycles. The third-order valence-corrected chi connectivity index (χ3v) is 7.33. The Morgan fingerprint density at radius 2 is 0.887 bits per heavy atom. The van der Waals surface area contributed by atoms with E-state index in [0.717, 1.165) is 75.9 Å². The van der Waals surface area contributed by atoms with Gasteiger partial charge in [-0.15, -0.1) is 0 Å². The van der Waals surface area contributed by atoms with E-state index < -0.39 is 17.5 Å². The number of carbonyl (C=O) groups is 1. The molecule has 10 N–H and O–H groups in total. The van der Waals surface area contributed by atoms with Gasteiger partial charge in [-0.3, -0.25) is 9.11 Å². The number of ether oxygens (including phenoxy) is 4. The molecule has 1 atom stereocenters. The maximum atomic E-state index is 11.3. The number of rotatable bonds is 17. The Balaban J connectivity index is -0.000000386. The molecule has 2 aliphatic heterocycles. The minimum Gasteiger partial charge on any atom is -0.396 e. The fourth-order valence-electron chi connectivity index (χ4n) is 3.95. The van der Waals surface area contributed by atoms with E-state index in [2.05, 4.69) is 21.6 Å². The minimum absolute atomic E-state index is 0. The monoisotopic (exact) mass is 1030 g/mol. The van der Waals surface area contributed by atoms with Crippen molar-refractivity contribution in [3.63, 3.8) is 0 Å². The molecule has 1 radical (unpaired) electrons. The van der Waals surface area contributed by atoms with Crippen LogP contribution in [0.15, 0.2) is 131 Å². The number of unbranched alkanes of at least 4 members (excludes halogenated alkanes) is 4. The molecule has 20 nitrogen and oxygen atoms in total. The Morgan fingerprint density at radius 1 is 0.592 bits per heavy atom. The van der Waals surface area contributed by atoms with Gasteiger partial charge < -0.3 is 59.8 Å². The summed E-state index contributed by atoms with van der Waals surface area (Å²) in [4.78, 5) is 38.6. The number of epoxide rings is 2. The minimum atomic E-state index is -2.61. The Morgan fingerprint density at radius 3 is 1.11 bits per heavy atom. The molecule has 0 aliphatic carbocycles. The molecule has 4 aromatic rings. The number of hydrogen-bond donors (Lipinski definition) is 10. The Hall–Kier alpha value is -4.68. The number of carbonyl (C=O) groups excluding carboxylic acids is 3. The van der Waals surface area contributed by atoms with Crippen LogP contribution in [0.4, 0.5) is 16.2 Å². The van der Waals surface area contributed by atoms with Crippen LogP contribution in [0.2, 0.25) is 0 Å². The van der Waals surface area contributed by atoms with Crippen molar-refractivity contribution in [1.82, 2.24) is 0 Å². The number of aliphatic hydroxyl groups is 8. The van der Waals surface area contributed by atoms with Crippen LogP contribution in [0.25, 0.3) is 0 Å². The number of para-hydroxylation sites is 2. The van der Waals surface area contributed by atoms with Gasteiger partial charge >= 0.3 is 6.16 Å². The van der Waals surface area contributed by atoms with E-state index in [1.807, 2.05) is 36.4 Å². The van der Waals surface area contributed by atoms with Crippen molar-refractivity contribution in [3.05, 3.63) is 132 Å². The van der Waals surface area contributed by atoms with E-state index in [1.165, 1.54) is 24.3 Å². The van der Waals surface area contributed by atoms with Gasteiger partial charge in [-0.1, -0.05) is 85.7 Å². The quantitative estimate of drug-likeness (QED) is 0.00767. The van der Waals surface area contributed by atoms with Crippen molar-refractivity contribution in [2.75, 3.05) is 72.7 Å². The zero-order valence-electron chi connectivity index (χ0n) is 40.4. The largest absolute Gasteiger partial charge is 0.519 e. The predicted octanol–water partition coefficient (Wildman–Crippen LogP) is 4.98. The molecule has 0 spiro atoms. The summed E-state index contributed by atoms with van der Waals surface area (Å²) in [6, 6.07) is 32.3. The Bertz CT molecular complexity index is 1770. The number of aliphatic hydroxyl groups excluding tert-OH is 8. The van der Waals surface area contributed by atoms with Crippen LogP contribution in [0, 0.1) is 0 Å². The molecule has 22 heteroatoms. The zero-order valence-corrected chi connectivity index (χ0v) is 43.2. The molecule has 391 valence electrons. The number of isocyanates is 2. The van der Waals surface area contributed by atoms with Crippen LogP contribution in [-0.2, 0) is 36.8 Å². The standard InChI is InChI=1S/C15H10N2O2.C13H10O3.C6H14O2.C4H10O2.C4H8O2.C3H6O.C2H6O2.C2H4O.Na.H2O3S/c18-10-16-14-5-1-12(2-6-14)9-13-3-7-15(8-4-13)17-11-19;14-13(15-11-7-3-1-4-8-11)16-12-9-5-2-6-10-12;7-5-3-1-2-4-6-8;2*5-3-1-2-4-6;1-3-2-4-3;3-1-2-4;1-2-3-1;;1-4(2)3/h1-8H,9H2;1-10H;7-8H,1-6H2;5-6H,1-4H2;1-2,5-6H,3-4H2;3H,2H2,1H3;3-4H,1-2H2;1-2H2;;(H2,1,2,3). The van der Waals surface area contributed by atoms with E-state index in [0.29, 0.717) is 29.0 Å². The predicted molar refractivity (Wildman–Crippen MR) is 270 cm³/mol. The first kappa shape index (κ1) is 72.9. The molecule has 0 amide bonds. The summed E-state index contributed by atoms with van der Waals surface area (Å²) >= 11 is -2.61. The number of benzene rings is 4. The molecule has 2 heterocycles. The van der Waals surface area contributed by atoms with Gasteiger partial charge in [0.15, 0.2) is 0 Å². The molecule has 1 unspecified atom stereocenters. The van der Waals surface area contributed by atoms with Gasteiger partial charge in [-0.05, 0) is 98.7 Å². The second-order valence-corrected chi connectivity index (χ2v) is 13.7. The average molecular weight is 1030 g/mol. The Labute approximate surface area is 440 Å². The molecular weight excluding hydrogens is 960 g/mol. The average Bonchev–Trinajstić information content (AvgIpc) is 4.33. The molecule has 4 aromatic carbocycles. The maximum Gasteiger partial charge on any atom is 0.519 e. The van der Waals surface area contributed by atoms with Crippen molar-refractivity contribution in [2.24, 2.45) is 9.98 Å². The van der Waals surface area contributed by atoms with Crippen molar-refractivity contribution in [2.45, 2.75) is 58.0 Å². The van der Waals surface area contributed by atoms with Crippen LogP contribution in [0.3, 0.4) is 0 Å². The first-order valence-corrected chi connectivity index (χ1v) is 22.9. The fourth-order valence-corrected chi connectivity index (χ4v) is 3.95. The van der Waals surface area contributed by atoms with Gasteiger partial charge in [0, 0.05) is 56.0 Å². The third-order valence-electron chi connectivity index (χ3n) is 7.33. The molecule has 71 heavy (non-hydrogen) atoms. The Kier molecular flexibility index (Phi) is 59.4. The van der Waals surface area contributed by atoms with Gasteiger partial charge in [0.2, 0.25) is 12.2 Å². The topological polar surface area (TPSA) is 339 Å². The smallest absolute Gasteiger partial charge is 0.396 e. The van der Waals surface area contributed by atoms with E-state index in [9.17, 15) is 14.4 Å². The van der Waals surface area contributed by atoms with Crippen molar-refractivity contribution in [1.29, 1.82) is 0 Å². The normalized spacial score (nSPS) is 11.5. The molecule has 2 aliphatic rings. The molecule has 2 saturated heterocycles. The SMILES string of the molecule is C1CO1.CC1CO1.O=C(Oc1ccccc1)Oc1ccccc1.O=C=Nc1ccc(Cc2ccc(N=C=O)cc2)cc1.O=S(O)O.OCC=CCO.OCCCCCCO.OCCCCO.OCCO.[Na]. The first-order valence-electron chi connectivity index (χ1n) is 21.8. The van der Waals surface area contributed by atoms with Crippen molar-refractivity contribution in [3.8, 4) is 11.5 Å². The number of aliphatic imine (C=N–C) groups is 2. The summed E-state index contributed by atoms with van der Waals surface area (Å²) in [5.41, 5.74) is 3.40. The van der Waals surface area contributed by atoms with Crippen molar-refractivity contribution < 1.29 is 87.5 Å². The van der Waals surface area contributed by atoms with Gasteiger partial charge in [0.1, 0.15) is 11.5 Å². The summed E-state index contributed by atoms with van der Waals surface area (Å²) in [6.07, 6.45) is 11.9. The van der Waals surface area contributed by atoms with Crippen LogP contribution >= 0.6 is 0 Å². The van der Waals surface area contributed by atoms with Gasteiger partial charge in [0.05, 0.1) is 63.7 Å². The fraction of sp³-hybridized carbons (Fsp3) is 0.408. The van der Waals surface area contributed by atoms with Crippen LogP contribution in [0.5, 0.6) is 11.5 Å². The summed E-state index contributed by atoms with van der Waals surface area (Å²) in [5.74, 6) is 0.923. The maximum absolute atomic E-state index is 11.3. The molecular formula is C49H70N2NaO18S. The van der Waals surface area contributed by atoms with E-state index >= 15 is 0 Å². The number of nitrogens with zero attached hydrogens (tertiary/aromatic N) is 2. The van der Waals surface area contributed by atoms with E-state index in [-0.39, 0.29) is 82.4 Å². The third kappa shape index (κ3) is 61.4. The summed E-state index contributed by atoms with van der Waals surface area (Å²) < 4.78 is 42.0. The van der Waals surface area contributed by atoms with Crippen molar-refractivity contribution >= 4 is 70.6 Å². The first-order chi connectivity index (χ1) is 33.9. The summed E-state index contributed by atoms with van der Waals surface area (Å²) in [6.45, 7) is 5.78.